The SMILES string of the molecule is CSCCC(NC(=O)COc1ccccc1)C(=O)Nc1ccc(C(=O)N2CCCC2)cc1. The van der Waals surface area contributed by atoms with Gasteiger partial charge in [-0.25, -0.2) is 0 Å². The Balaban J connectivity index is 1.55. The molecular formula is C24H29N3O4S. The number of ether oxygens (including phenoxy) is 1. The molecule has 1 saturated heterocycles. The zero-order chi connectivity index (χ0) is 22.8. The fourth-order valence-electron chi connectivity index (χ4n) is 3.43. The minimum atomic E-state index is -0.680. The lowest BCUT2D eigenvalue weighted by Gasteiger charge is -2.19. The Kier molecular flexibility index (Phi) is 8.98. The molecule has 1 aliphatic rings. The second-order valence-corrected chi connectivity index (χ2v) is 8.55. The highest BCUT2D eigenvalue weighted by atomic mass is 32.2. The van der Waals surface area contributed by atoms with Crippen molar-refractivity contribution in [2.45, 2.75) is 25.3 Å². The van der Waals surface area contributed by atoms with Crippen molar-refractivity contribution in [3.05, 3.63) is 60.2 Å². The Hall–Kier alpha value is -3.00. The molecule has 32 heavy (non-hydrogen) atoms. The fraction of sp³-hybridized carbons (Fsp3) is 0.375. The van der Waals surface area contributed by atoms with Crippen LogP contribution in [0.1, 0.15) is 29.6 Å². The number of para-hydroxylation sites is 1. The molecule has 3 rings (SSSR count). The van der Waals surface area contributed by atoms with E-state index in [1.165, 1.54) is 0 Å². The molecule has 0 aliphatic carbocycles. The number of nitrogens with zero attached hydrogens (tertiary/aromatic N) is 1. The van der Waals surface area contributed by atoms with Crippen molar-refractivity contribution < 1.29 is 19.1 Å². The summed E-state index contributed by atoms with van der Waals surface area (Å²) in [5.41, 5.74) is 1.19. The van der Waals surface area contributed by atoms with E-state index in [0.29, 0.717) is 23.4 Å². The second kappa shape index (κ2) is 12.1. The third kappa shape index (κ3) is 7.02. The van der Waals surface area contributed by atoms with E-state index < -0.39 is 6.04 Å². The molecule has 1 aliphatic heterocycles. The van der Waals surface area contributed by atoms with Crippen molar-refractivity contribution in [3.8, 4) is 5.75 Å². The first-order valence-corrected chi connectivity index (χ1v) is 12.1. The molecule has 0 bridgehead atoms. The Morgan fingerprint density at radius 3 is 2.38 bits per heavy atom. The number of hydrogen-bond acceptors (Lipinski definition) is 5. The van der Waals surface area contributed by atoms with Gasteiger partial charge < -0.3 is 20.3 Å². The van der Waals surface area contributed by atoms with Gasteiger partial charge in [0.2, 0.25) is 5.91 Å². The number of hydrogen-bond donors (Lipinski definition) is 2. The Morgan fingerprint density at radius 2 is 1.72 bits per heavy atom. The van der Waals surface area contributed by atoms with Crippen LogP contribution in [0.4, 0.5) is 5.69 Å². The van der Waals surface area contributed by atoms with Gasteiger partial charge in [-0.15, -0.1) is 0 Å². The number of amides is 3. The van der Waals surface area contributed by atoms with Crippen LogP contribution in [0.25, 0.3) is 0 Å². The van der Waals surface area contributed by atoms with Gasteiger partial charge in [0, 0.05) is 24.3 Å². The lowest BCUT2D eigenvalue weighted by molar-refractivity contribution is -0.127. The average molecular weight is 456 g/mol. The first-order valence-electron chi connectivity index (χ1n) is 10.7. The lowest BCUT2D eigenvalue weighted by Crippen LogP contribution is -2.45. The van der Waals surface area contributed by atoms with Crippen LogP contribution in [0.3, 0.4) is 0 Å². The number of thioether (sulfide) groups is 1. The lowest BCUT2D eigenvalue weighted by atomic mass is 10.1. The average Bonchev–Trinajstić information content (AvgIpc) is 3.36. The van der Waals surface area contributed by atoms with E-state index in [4.69, 9.17) is 4.74 Å². The smallest absolute Gasteiger partial charge is 0.258 e. The van der Waals surface area contributed by atoms with Crippen molar-refractivity contribution in [3.63, 3.8) is 0 Å². The van der Waals surface area contributed by atoms with Gasteiger partial charge in [0.05, 0.1) is 0 Å². The zero-order valence-electron chi connectivity index (χ0n) is 18.2. The summed E-state index contributed by atoms with van der Waals surface area (Å²) >= 11 is 1.60. The summed E-state index contributed by atoms with van der Waals surface area (Å²) in [5, 5.41) is 5.60. The van der Waals surface area contributed by atoms with E-state index in [9.17, 15) is 14.4 Å². The molecule has 1 fully saturated rings. The highest BCUT2D eigenvalue weighted by molar-refractivity contribution is 7.98. The maximum Gasteiger partial charge on any atom is 0.258 e. The zero-order valence-corrected chi connectivity index (χ0v) is 19.0. The van der Waals surface area contributed by atoms with Gasteiger partial charge in [-0.3, -0.25) is 14.4 Å². The predicted octanol–water partition coefficient (Wildman–Crippen LogP) is 3.18. The topological polar surface area (TPSA) is 87.7 Å². The van der Waals surface area contributed by atoms with E-state index in [0.717, 1.165) is 31.7 Å². The van der Waals surface area contributed by atoms with Crippen molar-refractivity contribution in [2.24, 2.45) is 0 Å². The number of likely N-dealkylation sites (tertiary alicyclic amines) is 1. The number of anilines is 1. The van der Waals surface area contributed by atoms with Crippen LogP contribution in [-0.4, -0.2) is 60.4 Å². The molecule has 7 nitrogen and oxygen atoms in total. The van der Waals surface area contributed by atoms with Crippen molar-refractivity contribution >= 4 is 35.2 Å². The van der Waals surface area contributed by atoms with Gasteiger partial charge in [-0.05, 0) is 67.7 Å². The van der Waals surface area contributed by atoms with E-state index in [1.54, 1.807) is 48.2 Å². The quantitative estimate of drug-likeness (QED) is 0.575. The molecule has 0 saturated carbocycles. The normalized spacial score (nSPS) is 14.0. The van der Waals surface area contributed by atoms with Gasteiger partial charge in [0.15, 0.2) is 6.61 Å². The summed E-state index contributed by atoms with van der Waals surface area (Å²) in [5.74, 6) is 0.675. The largest absolute Gasteiger partial charge is 0.484 e. The van der Waals surface area contributed by atoms with E-state index in [-0.39, 0.29) is 24.3 Å². The Bertz CT molecular complexity index is 899. The van der Waals surface area contributed by atoms with Crippen LogP contribution in [0.2, 0.25) is 0 Å². The number of carbonyl (C=O) groups excluding carboxylic acids is 3. The third-order valence-corrected chi connectivity index (χ3v) is 5.81. The van der Waals surface area contributed by atoms with Crippen molar-refractivity contribution in [1.82, 2.24) is 10.2 Å². The minimum absolute atomic E-state index is 0.0175. The summed E-state index contributed by atoms with van der Waals surface area (Å²) in [7, 11) is 0. The van der Waals surface area contributed by atoms with Gasteiger partial charge >= 0.3 is 0 Å². The van der Waals surface area contributed by atoms with Gasteiger partial charge in [-0.2, -0.15) is 11.8 Å². The number of nitrogens with one attached hydrogen (secondary N) is 2. The van der Waals surface area contributed by atoms with Gasteiger partial charge in [0.25, 0.3) is 11.8 Å². The van der Waals surface area contributed by atoms with Gasteiger partial charge in [-0.1, -0.05) is 18.2 Å². The monoisotopic (exact) mass is 455 g/mol. The van der Waals surface area contributed by atoms with Crippen LogP contribution in [0, 0.1) is 0 Å². The molecule has 0 spiro atoms. The predicted molar refractivity (Wildman–Crippen MR) is 127 cm³/mol. The van der Waals surface area contributed by atoms with Crippen molar-refractivity contribution in [2.75, 3.05) is 37.0 Å². The molecule has 170 valence electrons. The molecule has 0 radical (unpaired) electrons. The molecule has 1 heterocycles. The van der Waals surface area contributed by atoms with Crippen LogP contribution in [-0.2, 0) is 9.59 Å². The first-order chi connectivity index (χ1) is 15.6. The molecule has 0 aromatic heterocycles. The molecular weight excluding hydrogens is 426 g/mol. The molecule has 1 atom stereocenters. The highest BCUT2D eigenvalue weighted by Crippen LogP contribution is 2.16. The van der Waals surface area contributed by atoms with Crippen LogP contribution >= 0.6 is 11.8 Å². The Morgan fingerprint density at radius 1 is 1.03 bits per heavy atom. The van der Waals surface area contributed by atoms with Crippen LogP contribution in [0.15, 0.2) is 54.6 Å². The highest BCUT2D eigenvalue weighted by Gasteiger charge is 2.22. The summed E-state index contributed by atoms with van der Waals surface area (Å²) in [6.45, 7) is 1.42. The summed E-state index contributed by atoms with van der Waals surface area (Å²) in [6.07, 6.45) is 4.53. The maximum absolute atomic E-state index is 12.8. The molecule has 2 aromatic rings. The second-order valence-electron chi connectivity index (χ2n) is 7.57. The molecule has 3 amide bonds. The van der Waals surface area contributed by atoms with E-state index in [1.807, 2.05) is 29.4 Å². The summed E-state index contributed by atoms with van der Waals surface area (Å²) in [4.78, 5) is 39.4. The minimum Gasteiger partial charge on any atom is -0.484 e. The third-order valence-electron chi connectivity index (χ3n) is 5.17. The first kappa shape index (κ1) is 23.7. The standard InChI is InChI=1S/C24H29N3O4S/c1-32-16-13-21(26-22(28)17-31-20-7-3-2-4-8-20)23(29)25-19-11-9-18(10-12-19)24(30)27-14-5-6-15-27/h2-4,7-12,21H,5-6,13-17H2,1H3,(H,25,29)(H,26,28). The fourth-order valence-corrected chi connectivity index (χ4v) is 3.91. The number of benzene rings is 2. The molecule has 2 N–H and O–H groups in total. The summed E-state index contributed by atoms with van der Waals surface area (Å²) in [6, 6.07) is 15.2. The van der Waals surface area contributed by atoms with Crippen LogP contribution < -0.4 is 15.4 Å². The maximum atomic E-state index is 12.8. The van der Waals surface area contributed by atoms with Gasteiger partial charge in [0.1, 0.15) is 11.8 Å². The van der Waals surface area contributed by atoms with Crippen LogP contribution in [0.5, 0.6) is 5.75 Å². The molecule has 8 heteroatoms. The van der Waals surface area contributed by atoms with E-state index >= 15 is 0 Å². The Labute approximate surface area is 192 Å². The summed E-state index contributed by atoms with van der Waals surface area (Å²) < 4.78 is 5.46. The van der Waals surface area contributed by atoms with E-state index in [2.05, 4.69) is 10.6 Å². The molecule has 2 aromatic carbocycles. The number of carbonyl (C=O) groups is 3. The van der Waals surface area contributed by atoms with Crippen molar-refractivity contribution in [1.29, 1.82) is 0 Å². The number of rotatable bonds is 10. The molecule has 1 unspecified atom stereocenters.